The van der Waals surface area contributed by atoms with Gasteiger partial charge in [0.25, 0.3) is 0 Å². The number of amidine groups is 1. The molecule has 5 rings (SSSR count). The van der Waals surface area contributed by atoms with E-state index in [0.29, 0.717) is 18.0 Å². The van der Waals surface area contributed by atoms with Crippen LogP contribution in [0, 0.1) is 0 Å². The largest absolute Gasteiger partial charge is 0.495 e. The lowest BCUT2D eigenvalue weighted by molar-refractivity contribution is 0.362. The SMILES string of the molecule is C=Nc1sc(C2CC2)cc1C(=NC)N(C)[C@@H]1CC[C@H](NCc2ccc(-c3cncc(OC)c3)cc2)C1. The van der Waals surface area contributed by atoms with Gasteiger partial charge in [0.1, 0.15) is 16.6 Å². The maximum atomic E-state index is 5.30. The molecule has 0 aliphatic heterocycles. The summed E-state index contributed by atoms with van der Waals surface area (Å²) in [7, 11) is 5.74. The summed E-state index contributed by atoms with van der Waals surface area (Å²) < 4.78 is 5.30. The molecule has 2 heterocycles. The fourth-order valence-electron chi connectivity index (χ4n) is 5.15. The highest BCUT2D eigenvalue weighted by molar-refractivity contribution is 7.16. The Bertz CT molecular complexity index is 1230. The number of methoxy groups -OCH3 is 1. The standard InChI is InChI=1S/C29H35N5OS/c1-30-28(26-15-27(21-9-10-21)36-29(26)31-2)34(3)24-12-11-23(14-24)33-16-19-5-7-20(8-6-19)22-13-25(35-4)18-32-17-22/h5-8,13,15,17-18,21,23-24,33H,2,9-12,14,16H2,1,3-4H3/t23-,24+/m0/s1. The smallest absolute Gasteiger partial charge is 0.137 e. The van der Waals surface area contributed by atoms with Gasteiger partial charge in [-0.1, -0.05) is 24.3 Å². The van der Waals surface area contributed by atoms with E-state index in [1.807, 2.05) is 19.3 Å². The van der Waals surface area contributed by atoms with Crippen molar-refractivity contribution in [2.75, 3.05) is 21.2 Å². The molecule has 3 aromatic rings. The van der Waals surface area contributed by atoms with Crippen molar-refractivity contribution in [3.63, 3.8) is 0 Å². The Morgan fingerprint density at radius 1 is 1.14 bits per heavy atom. The van der Waals surface area contributed by atoms with E-state index < -0.39 is 0 Å². The van der Waals surface area contributed by atoms with E-state index in [4.69, 9.17) is 9.73 Å². The molecule has 2 atom stereocenters. The van der Waals surface area contributed by atoms with Gasteiger partial charge in [-0.25, -0.2) is 0 Å². The third kappa shape index (κ3) is 5.37. The predicted octanol–water partition coefficient (Wildman–Crippen LogP) is 6.05. The average Bonchev–Trinajstić information content (AvgIpc) is 3.51. The van der Waals surface area contributed by atoms with Crippen LogP contribution in [0.1, 0.15) is 54.0 Å². The van der Waals surface area contributed by atoms with Crippen molar-refractivity contribution in [3.8, 4) is 16.9 Å². The highest BCUT2D eigenvalue weighted by Gasteiger charge is 2.32. The van der Waals surface area contributed by atoms with Crippen LogP contribution >= 0.6 is 11.3 Å². The number of nitrogens with zero attached hydrogens (tertiary/aromatic N) is 4. The topological polar surface area (TPSA) is 62.1 Å². The zero-order chi connectivity index (χ0) is 25.1. The van der Waals surface area contributed by atoms with Gasteiger partial charge in [0.2, 0.25) is 0 Å². The number of nitrogens with one attached hydrogen (secondary N) is 1. The van der Waals surface area contributed by atoms with Gasteiger partial charge < -0.3 is 15.0 Å². The second kappa shape index (κ2) is 10.9. The Labute approximate surface area is 218 Å². The fourth-order valence-corrected chi connectivity index (χ4v) is 6.28. The zero-order valence-corrected chi connectivity index (χ0v) is 22.2. The van der Waals surface area contributed by atoms with Crippen LogP contribution in [0.5, 0.6) is 5.75 Å². The molecular weight excluding hydrogens is 466 g/mol. The Morgan fingerprint density at radius 2 is 1.94 bits per heavy atom. The molecule has 0 unspecified atom stereocenters. The number of hydrogen-bond acceptors (Lipinski definition) is 6. The van der Waals surface area contributed by atoms with Gasteiger partial charge in [0.05, 0.1) is 18.9 Å². The van der Waals surface area contributed by atoms with Crippen LogP contribution in [0.15, 0.2) is 58.8 Å². The number of ether oxygens (including phenoxy) is 1. The molecule has 2 aliphatic carbocycles. The normalized spacial score (nSPS) is 19.9. The highest BCUT2D eigenvalue weighted by atomic mass is 32.1. The van der Waals surface area contributed by atoms with Crippen LogP contribution in [0.4, 0.5) is 5.00 Å². The number of rotatable bonds is 9. The first-order valence-corrected chi connectivity index (χ1v) is 13.5. The molecule has 188 valence electrons. The van der Waals surface area contributed by atoms with E-state index in [2.05, 4.69) is 64.3 Å². The molecule has 6 nitrogen and oxygen atoms in total. The van der Waals surface area contributed by atoms with Gasteiger partial charge >= 0.3 is 0 Å². The summed E-state index contributed by atoms with van der Waals surface area (Å²) in [5, 5.41) is 4.79. The van der Waals surface area contributed by atoms with Crippen molar-refractivity contribution in [3.05, 3.63) is 64.8 Å². The lowest BCUT2D eigenvalue weighted by atomic mass is 10.1. The first-order valence-electron chi connectivity index (χ1n) is 12.7. The summed E-state index contributed by atoms with van der Waals surface area (Å²) in [6.45, 7) is 4.69. The Balaban J connectivity index is 1.17. The fraction of sp³-hybridized carbons (Fsp3) is 0.414. The van der Waals surface area contributed by atoms with Crippen LogP contribution in [-0.2, 0) is 6.54 Å². The maximum Gasteiger partial charge on any atom is 0.137 e. The number of pyridine rings is 1. The van der Waals surface area contributed by atoms with Crippen molar-refractivity contribution in [1.82, 2.24) is 15.2 Å². The summed E-state index contributed by atoms with van der Waals surface area (Å²) in [4.78, 5) is 17.1. The molecule has 0 bridgehead atoms. The van der Waals surface area contributed by atoms with Crippen molar-refractivity contribution in [2.24, 2.45) is 9.98 Å². The third-order valence-electron chi connectivity index (χ3n) is 7.43. The van der Waals surface area contributed by atoms with Crippen molar-refractivity contribution in [1.29, 1.82) is 0 Å². The minimum atomic E-state index is 0.464. The van der Waals surface area contributed by atoms with Gasteiger partial charge in [0, 0.05) is 49.4 Å². The number of thiophene rings is 1. The average molecular weight is 502 g/mol. The van der Waals surface area contributed by atoms with E-state index in [1.165, 1.54) is 29.7 Å². The second-order valence-corrected chi connectivity index (χ2v) is 10.9. The van der Waals surface area contributed by atoms with Gasteiger partial charge in [-0.05, 0) is 68.0 Å². The summed E-state index contributed by atoms with van der Waals surface area (Å²) in [5.74, 6) is 2.53. The predicted molar refractivity (Wildman–Crippen MR) is 150 cm³/mol. The van der Waals surface area contributed by atoms with Crippen molar-refractivity contribution < 1.29 is 4.74 Å². The van der Waals surface area contributed by atoms with E-state index >= 15 is 0 Å². The lowest BCUT2D eigenvalue weighted by Gasteiger charge is -2.28. The molecule has 0 radical (unpaired) electrons. The molecule has 36 heavy (non-hydrogen) atoms. The highest BCUT2D eigenvalue weighted by Crippen LogP contribution is 2.47. The molecule has 2 fully saturated rings. The number of hydrogen-bond donors (Lipinski definition) is 1. The van der Waals surface area contributed by atoms with Crippen LogP contribution in [-0.4, -0.2) is 55.7 Å². The second-order valence-electron chi connectivity index (χ2n) is 9.81. The molecule has 7 heteroatoms. The monoisotopic (exact) mass is 501 g/mol. The van der Waals surface area contributed by atoms with Crippen molar-refractivity contribution >= 4 is 28.9 Å². The van der Waals surface area contributed by atoms with E-state index in [1.54, 1.807) is 24.6 Å². The van der Waals surface area contributed by atoms with Gasteiger partial charge in [-0.2, -0.15) is 0 Å². The van der Waals surface area contributed by atoms with E-state index in [9.17, 15) is 0 Å². The number of benzene rings is 1. The molecule has 0 spiro atoms. The van der Waals surface area contributed by atoms with Crippen LogP contribution in [0.2, 0.25) is 0 Å². The Morgan fingerprint density at radius 3 is 2.64 bits per heavy atom. The van der Waals surface area contributed by atoms with Gasteiger partial charge in [-0.3, -0.25) is 15.0 Å². The number of aromatic nitrogens is 1. The van der Waals surface area contributed by atoms with Crippen LogP contribution < -0.4 is 10.1 Å². The summed E-state index contributed by atoms with van der Waals surface area (Å²) in [6, 6.07) is 14.0. The van der Waals surface area contributed by atoms with Crippen LogP contribution in [0.25, 0.3) is 11.1 Å². The molecular formula is C29H35N5OS. The molecule has 2 aliphatic rings. The zero-order valence-electron chi connectivity index (χ0n) is 21.4. The van der Waals surface area contributed by atoms with Gasteiger partial charge in [0.15, 0.2) is 0 Å². The first kappa shape index (κ1) is 24.7. The Kier molecular flexibility index (Phi) is 7.48. The summed E-state index contributed by atoms with van der Waals surface area (Å²) in [6.07, 6.45) is 9.62. The molecule has 0 amide bonds. The summed E-state index contributed by atoms with van der Waals surface area (Å²) in [5.41, 5.74) is 4.64. The number of aliphatic imine (C=N–C) groups is 2. The van der Waals surface area contributed by atoms with E-state index in [0.717, 1.165) is 52.7 Å². The molecule has 2 saturated carbocycles. The third-order valence-corrected chi connectivity index (χ3v) is 8.65. The maximum absolute atomic E-state index is 5.30. The van der Waals surface area contributed by atoms with Gasteiger partial charge in [-0.15, -0.1) is 11.3 Å². The molecule has 1 aromatic carbocycles. The Hall–Kier alpha value is -3.03. The van der Waals surface area contributed by atoms with Crippen molar-refractivity contribution in [2.45, 2.75) is 56.7 Å². The minimum absolute atomic E-state index is 0.464. The minimum Gasteiger partial charge on any atom is -0.495 e. The molecule has 0 saturated heterocycles. The van der Waals surface area contributed by atoms with E-state index in [-0.39, 0.29) is 0 Å². The quantitative estimate of drug-likeness (QED) is 0.286. The summed E-state index contributed by atoms with van der Waals surface area (Å²) >= 11 is 1.78. The molecule has 2 aromatic heterocycles. The molecule has 1 N–H and O–H groups in total. The van der Waals surface area contributed by atoms with Crippen LogP contribution in [0.3, 0.4) is 0 Å². The first-order chi connectivity index (χ1) is 17.6. The lowest BCUT2D eigenvalue weighted by Crippen LogP contribution is -2.37.